The molecule has 0 spiro atoms. The summed E-state index contributed by atoms with van der Waals surface area (Å²) < 4.78 is 37.5. The Hall–Kier alpha value is -2.66. The van der Waals surface area contributed by atoms with Crippen molar-refractivity contribution in [2.45, 2.75) is 43.0 Å². The molecule has 30 heavy (non-hydrogen) atoms. The molecule has 0 saturated carbocycles. The van der Waals surface area contributed by atoms with Crippen molar-refractivity contribution >= 4 is 27.6 Å². The lowest BCUT2D eigenvalue weighted by molar-refractivity contribution is -0.127. The van der Waals surface area contributed by atoms with Crippen LogP contribution in [0.1, 0.15) is 32.1 Å². The molecule has 1 aliphatic heterocycles. The van der Waals surface area contributed by atoms with Crippen LogP contribution in [-0.4, -0.2) is 63.7 Å². The van der Waals surface area contributed by atoms with E-state index in [1.165, 1.54) is 32.4 Å². The third kappa shape index (κ3) is 5.92. The SMILES string of the molecule is COc1ccc(S(=O)(=O)N2CCC[C@H](NC(=O)CCCC(N)=O)C(=O)C2)cc1OC. The highest BCUT2D eigenvalue weighted by Gasteiger charge is 2.33. The first kappa shape index (κ1) is 23.6. The molecule has 0 radical (unpaired) electrons. The third-order valence-corrected chi connectivity index (χ3v) is 6.62. The van der Waals surface area contributed by atoms with Crippen LogP contribution in [0.4, 0.5) is 0 Å². The number of carbonyl (C=O) groups excluding carboxylic acids is 3. The van der Waals surface area contributed by atoms with E-state index in [-0.39, 0.29) is 48.3 Å². The number of sulfonamides is 1. The minimum atomic E-state index is -3.94. The first-order valence-corrected chi connectivity index (χ1v) is 11.0. The minimum Gasteiger partial charge on any atom is -0.493 e. The zero-order valence-corrected chi connectivity index (χ0v) is 17.9. The van der Waals surface area contributed by atoms with E-state index < -0.39 is 22.0 Å². The van der Waals surface area contributed by atoms with Crippen molar-refractivity contribution in [3.05, 3.63) is 18.2 Å². The number of methoxy groups -OCH3 is 2. The fraction of sp³-hybridized carbons (Fsp3) is 0.526. The molecule has 1 atom stereocenters. The molecule has 1 fully saturated rings. The molecule has 2 amide bonds. The van der Waals surface area contributed by atoms with Gasteiger partial charge in [-0.2, -0.15) is 4.31 Å². The van der Waals surface area contributed by atoms with E-state index in [2.05, 4.69) is 5.32 Å². The first-order valence-electron chi connectivity index (χ1n) is 9.51. The van der Waals surface area contributed by atoms with Crippen LogP contribution in [0.15, 0.2) is 23.1 Å². The summed E-state index contributed by atoms with van der Waals surface area (Å²) in [5.74, 6) is -0.599. The Morgan fingerprint density at radius 2 is 1.90 bits per heavy atom. The van der Waals surface area contributed by atoms with Gasteiger partial charge in [-0.05, 0) is 31.4 Å². The monoisotopic (exact) mass is 441 g/mol. The van der Waals surface area contributed by atoms with Crippen LogP contribution in [0.25, 0.3) is 0 Å². The highest BCUT2D eigenvalue weighted by molar-refractivity contribution is 7.89. The maximum absolute atomic E-state index is 13.0. The number of ether oxygens (including phenoxy) is 2. The molecule has 1 aromatic carbocycles. The normalized spacial score (nSPS) is 17.8. The Morgan fingerprint density at radius 1 is 1.20 bits per heavy atom. The van der Waals surface area contributed by atoms with Gasteiger partial charge in [0.15, 0.2) is 17.3 Å². The van der Waals surface area contributed by atoms with Gasteiger partial charge in [0.05, 0.1) is 31.7 Å². The predicted molar refractivity (Wildman–Crippen MR) is 108 cm³/mol. The van der Waals surface area contributed by atoms with Gasteiger partial charge < -0.3 is 20.5 Å². The second-order valence-corrected chi connectivity index (χ2v) is 8.84. The van der Waals surface area contributed by atoms with E-state index in [1.807, 2.05) is 0 Å². The van der Waals surface area contributed by atoms with Crippen molar-refractivity contribution in [1.29, 1.82) is 0 Å². The molecule has 166 valence electrons. The molecule has 2 rings (SSSR count). The van der Waals surface area contributed by atoms with Crippen LogP contribution < -0.4 is 20.5 Å². The lowest BCUT2D eigenvalue weighted by Gasteiger charge is -2.20. The molecule has 1 aliphatic rings. The number of rotatable bonds is 9. The summed E-state index contributed by atoms with van der Waals surface area (Å²) in [6, 6.07) is 3.46. The Bertz CT molecular complexity index is 901. The van der Waals surface area contributed by atoms with Crippen LogP contribution in [0.3, 0.4) is 0 Å². The summed E-state index contributed by atoms with van der Waals surface area (Å²) in [4.78, 5) is 35.4. The number of benzene rings is 1. The summed E-state index contributed by atoms with van der Waals surface area (Å²) in [5.41, 5.74) is 5.04. The van der Waals surface area contributed by atoms with Gasteiger partial charge in [0, 0.05) is 25.5 Å². The number of nitrogens with one attached hydrogen (secondary N) is 1. The van der Waals surface area contributed by atoms with Crippen LogP contribution in [-0.2, 0) is 24.4 Å². The zero-order valence-electron chi connectivity index (χ0n) is 17.0. The minimum absolute atomic E-state index is 0.0121. The lowest BCUT2D eigenvalue weighted by atomic mass is 10.1. The maximum Gasteiger partial charge on any atom is 0.243 e. The quantitative estimate of drug-likeness (QED) is 0.557. The summed E-state index contributed by atoms with van der Waals surface area (Å²) >= 11 is 0. The number of primary amides is 1. The summed E-state index contributed by atoms with van der Waals surface area (Å²) in [5, 5.41) is 2.63. The molecule has 0 aromatic heterocycles. The molecular formula is C19H27N3O7S. The van der Waals surface area contributed by atoms with Crippen molar-refractivity contribution in [2.24, 2.45) is 5.73 Å². The van der Waals surface area contributed by atoms with Crippen LogP contribution in [0.5, 0.6) is 11.5 Å². The fourth-order valence-electron chi connectivity index (χ4n) is 3.17. The van der Waals surface area contributed by atoms with Gasteiger partial charge in [-0.15, -0.1) is 0 Å². The summed E-state index contributed by atoms with van der Waals surface area (Å²) in [6.07, 6.45) is 1.19. The number of amides is 2. The van der Waals surface area contributed by atoms with Crippen LogP contribution in [0.2, 0.25) is 0 Å². The maximum atomic E-state index is 13.0. The van der Waals surface area contributed by atoms with Gasteiger partial charge in [0.2, 0.25) is 21.8 Å². The van der Waals surface area contributed by atoms with Crippen molar-refractivity contribution < 1.29 is 32.3 Å². The summed E-state index contributed by atoms with van der Waals surface area (Å²) in [6.45, 7) is -0.195. The van der Waals surface area contributed by atoms with Gasteiger partial charge in [0.25, 0.3) is 0 Å². The van der Waals surface area contributed by atoms with Crippen molar-refractivity contribution in [1.82, 2.24) is 9.62 Å². The molecule has 11 heteroatoms. The molecule has 3 N–H and O–H groups in total. The number of nitrogens with zero attached hydrogens (tertiary/aromatic N) is 1. The first-order chi connectivity index (χ1) is 14.2. The highest BCUT2D eigenvalue weighted by Crippen LogP contribution is 2.31. The van der Waals surface area contributed by atoms with Gasteiger partial charge in [-0.25, -0.2) is 8.42 Å². The second-order valence-electron chi connectivity index (χ2n) is 6.90. The zero-order chi connectivity index (χ0) is 22.3. The smallest absolute Gasteiger partial charge is 0.243 e. The number of carbonyl (C=O) groups is 3. The Labute approximate surface area is 175 Å². The number of ketones is 1. The van der Waals surface area contributed by atoms with Crippen LogP contribution in [0, 0.1) is 0 Å². The number of hydrogen-bond donors (Lipinski definition) is 2. The van der Waals surface area contributed by atoms with Gasteiger partial charge in [0.1, 0.15) is 0 Å². The molecule has 0 aliphatic carbocycles. The average molecular weight is 442 g/mol. The fourth-order valence-corrected chi connectivity index (χ4v) is 4.63. The highest BCUT2D eigenvalue weighted by atomic mass is 32.2. The molecule has 1 aromatic rings. The van der Waals surface area contributed by atoms with Gasteiger partial charge in [-0.3, -0.25) is 14.4 Å². The van der Waals surface area contributed by atoms with Crippen molar-refractivity contribution in [3.63, 3.8) is 0 Å². The Kier molecular flexibility index (Phi) is 8.18. The van der Waals surface area contributed by atoms with E-state index in [4.69, 9.17) is 15.2 Å². The Morgan fingerprint density at radius 3 is 2.53 bits per heavy atom. The molecular weight excluding hydrogens is 414 g/mol. The van der Waals surface area contributed by atoms with E-state index in [1.54, 1.807) is 0 Å². The number of Topliss-reactive ketones (excluding diaryl/α,β-unsaturated/α-hetero) is 1. The number of hydrogen-bond acceptors (Lipinski definition) is 7. The molecule has 0 unspecified atom stereocenters. The lowest BCUT2D eigenvalue weighted by Crippen LogP contribution is -2.44. The second kappa shape index (κ2) is 10.4. The van der Waals surface area contributed by atoms with E-state index in [0.717, 1.165) is 4.31 Å². The third-order valence-electron chi connectivity index (χ3n) is 4.78. The van der Waals surface area contributed by atoms with E-state index >= 15 is 0 Å². The molecule has 1 saturated heterocycles. The standard InChI is InChI=1S/C19H27N3O7S/c1-28-16-9-8-13(11-17(16)29-2)30(26,27)22-10-4-5-14(15(23)12-22)21-19(25)7-3-6-18(20)24/h8-9,11,14H,3-7,10,12H2,1-2H3,(H2,20,24)(H,21,25)/t14-/m0/s1. The van der Waals surface area contributed by atoms with E-state index in [0.29, 0.717) is 25.0 Å². The molecule has 1 heterocycles. The topological polar surface area (TPSA) is 145 Å². The largest absolute Gasteiger partial charge is 0.493 e. The van der Waals surface area contributed by atoms with E-state index in [9.17, 15) is 22.8 Å². The molecule has 10 nitrogen and oxygen atoms in total. The Balaban J connectivity index is 2.08. The predicted octanol–water partition coefficient (Wildman–Crippen LogP) is 0.198. The van der Waals surface area contributed by atoms with Gasteiger partial charge >= 0.3 is 0 Å². The van der Waals surface area contributed by atoms with Crippen LogP contribution >= 0.6 is 0 Å². The van der Waals surface area contributed by atoms with Crippen molar-refractivity contribution in [3.8, 4) is 11.5 Å². The van der Waals surface area contributed by atoms with Gasteiger partial charge in [-0.1, -0.05) is 0 Å². The molecule has 0 bridgehead atoms. The average Bonchev–Trinajstić information content (AvgIpc) is 2.89. The number of nitrogens with two attached hydrogens (primary N) is 1. The van der Waals surface area contributed by atoms with Crippen molar-refractivity contribution in [2.75, 3.05) is 27.3 Å². The summed E-state index contributed by atoms with van der Waals surface area (Å²) in [7, 11) is -1.09.